The molecule has 0 unspecified atom stereocenters. The lowest BCUT2D eigenvalue weighted by Crippen LogP contribution is -2.04. The second-order valence-corrected chi connectivity index (χ2v) is 8.35. The first-order chi connectivity index (χ1) is 13.5. The van der Waals surface area contributed by atoms with Crippen LogP contribution in [0.25, 0.3) is 42.4 Å². The van der Waals surface area contributed by atoms with Crippen molar-refractivity contribution in [3.63, 3.8) is 0 Å². The summed E-state index contributed by atoms with van der Waals surface area (Å²) >= 11 is 2.50. The first kappa shape index (κ1) is 17.5. The summed E-state index contributed by atoms with van der Waals surface area (Å²) < 4.78 is 40.6. The van der Waals surface area contributed by atoms with Crippen LogP contribution < -0.4 is 0 Å². The summed E-state index contributed by atoms with van der Waals surface area (Å²) in [4.78, 5) is 0.957. The molecule has 2 heterocycles. The second-order valence-electron chi connectivity index (χ2n) is 6.52. The van der Waals surface area contributed by atoms with E-state index in [9.17, 15) is 13.2 Å². The van der Waals surface area contributed by atoms with Crippen molar-refractivity contribution in [2.24, 2.45) is 0 Å². The highest BCUT2D eigenvalue weighted by Crippen LogP contribution is 2.48. The van der Waals surface area contributed by atoms with Crippen LogP contribution in [0.2, 0.25) is 0 Å². The smallest absolute Gasteiger partial charge is 0.166 e. The van der Waals surface area contributed by atoms with Crippen molar-refractivity contribution in [1.29, 1.82) is 0 Å². The minimum absolute atomic E-state index is 0.287. The van der Waals surface area contributed by atoms with Crippen molar-refractivity contribution in [1.82, 2.24) is 0 Å². The maximum absolute atomic E-state index is 13.5. The van der Waals surface area contributed by atoms with E-state index in [0.29, 0.717) is 4.88 Å². The van der Waals surface area contributed by atoms with Gasteiger partial charge in [0.05, 0.1) is 15.3 Å². The summed E-state index contributed by atoms with van der Waals surface area (Å²) in [7, 11) is 0. The summed E-state index contributed by atoms with van der Waals surface area (Å²) in [5.41, 5.74) is 1.28. The molecular weight excluding hydrogens is 397 g/mol. The van der Waals surface area contributed by atoms with Crippen molar-refractivity contribution in [2.75, 3.05) is 0 Å². The second kappa shape index (κ2) is 6.47. The van der Waals surface area contributed by atoms with Gasteiger partial charge in [0, 0.05) is 5.56 Å². The van der Waals surface area contributed by atoms with Gasteiger partial charge < -0.3 is 0 Å². The molecule has 28 heavy (non-hydrogen) atoms. The van der Waals surface area contributed by atoms with Crippen molar-refractivity contribution < 1.29 is 13.2 Å². The monoisotopic (exact) mass is 410 g/mol. The number of hydrogen-bond donors (Lipinski definition) is 0. The molecule has 5 heteroatoms. The number of thiophene rings is 2. The van der Waals surface area contributed by atoms with Crippen LogP contribution in [0.15, 0.2) is 77.5 Å². The fraction of sp³-hybridized carbons (Fsp3) is 0.0435. The van der Waals surface area contributed by atoms with Crippen LogP contribution >= 0.6 is 22.7 Å². The number of benzene rings is 3. The molecule has 5 rings (SSSR count). The predicted octanol–water partition coefficient (Wildman–Crippen LogP) is 8.47. The molecule has 0 bridgehead atoms. The molecule has 0 fully saturated rings. The molecule has 0 saturated heterocycles. The highest BCUT2D eigenvalue weighted by molar-refractivity contribution is 7.21. The highest BCUT2D eigenvalue weighted by atomic mass is 32.1. The average molecular weight is 410 g/mol. The van der Waals surface area contributed by atoms with Crippen molar-refractivity contribution in [3.8, 4) is 20.9 Å². The summed E-state index contributed by atoms with van der Waals surface area (Å²) in [6, 6.07) is 21.3. The Labute approximate surface area is 167 Å². The molecule has 0 atom stereocenters. The zero-order valence-electron chi connectivity index (χ0n) is 14.5. The van der Waals surface area contributed by atoms with Gasteiger partial charge in [0.2, 0.25) is 0 Å². The molecule has 0 spiro atoms. The maximum Gasteiger partial charge on any atom is 0.417 e. The Hall–Kier alpha value is -2.63. The zero-order valence-corrected chi connectivity index (χ0v) is 16.1. The zero-order chi connectivity index (χ0) is 19.3. The van der Waals surface area contributed by atoms with Gasteiger partial charge in [0.25, 0.3) is 0 Å². The van der Waals surface area contributed by atoms with Crippen LogP contribution in [-0.2, 0) is 6.18 Å². The van der Waals surface area contributed by atoms with E-state index in [1.807, 2.05) is 60.0 Å². The third-order valence-electron chi connectivity index (χ3n) is 4.88. The van der Waals surface area contributed by atoms with Crippen LogP contribution in [0, 0.1) is 0 Å². The summed E-state index contributed by atoms with van der Waals surface area (Å²) in [6.45, 7) is 0. The topological polar surface area (TPSA) is 0 Å². The average Bonchev–Trinajstić information content (AvgIpc) is 3.34. The fourth-order valence-corrected chi connectivity index (χ4v) is 5.71. The molecule has 0 radical (unpaired) electrons. The van der Waals surface area contributed by atoms with E-state index < -0.39 is 11.7 Å². The molecular formula is C23H13F3S2. The maximum atomic E-state index is 13.5. The van der Waals surface area contributed by atoms with Gasteiger partial charge in [-0.3, -0.25) is 0 Å². The van der Waals surface area contributed by atoms with E-state index in [1.165, 1.54) is 22.8 Å². The third-order valence-corrected chi connectivity index (χ3v) is 6.88. The van der Waals surface area contributed by atoms with E-state index in [2.05, 4.69) is 6.07 Å². The largest absolute Gasteiger partial charge is 0.417 e. The quantitative estimate of drug-likeness (QED) is 0.256. The number of alkyl halides is 3. The van der Waals surface area contributed by atoms with Gasteiger partial charge in [0.15, 0.2) is 0 Å². The van der Waals surface area contributed by atoms with E-state index in [4.69, 9.17) is 0 Å². The Balaban J connectivity index is 1.87. The third kappa shape index (κ3) is 2.74. The lowest BCUT2D eigenvalue weighted by Gasteiger charge is -2.13. The Kier molecular flexibility index (Phi) is 4.03. The van der Waals surface area contributed by atoms with Crippen LogP contribution in [0.3, 0.4) is 0 Å². The van der Waals surface area contributed by atoms with Crippen LogP contribution in [0.4, 0.5) is 13.2 Å². The summed E-state index contributed by atoms with van der Waals surface area (Å²) in [6.07, 6.45) is -4.36. The van der Waals surface area contributed by atoms with E-state index in [1.54, 1.807) is 0 Å². The van der Waals surface area contributed by atoms with Crippen molar-refractivity contribution in [2.45, 2.75) is 6.18 Å². The van der Waals surface area contributed by atoms with Crippen LogP contribution in [0.5, 0.6) is 0 Å². The fourth-order valence-electron chi connectivity index (χ4n) is 3.69. The highest BCUT2D eigenvalue weighted by Gasteiger charge is 2.35. The minimum Gasteiger partial charge on any atom is -0.166 e. The van der Waals surface area contributed by atoms with Crippen LogP contribution in [0.1, 0.15) is 5.56 Å². The normalized spacial score (nSPS) is 12.1. The summed E-state index contributed by atoms with van der Waals surface area (Å²) in [5.74, 6) is 0. The van der Waals surface area contributed by atoms with Crippen molar-refractivity contribution >= 4 is 44.2 Å². The minimum atomic E-state index is -4.36. The molecule has 0 aliphatic rings. The van der Waals surface area contributed by atoms with Gasteiger partial charge in [-0.15, -0.1) is 22.7 Å². The molecule has 0 nitrogen and oxygen atoms in total. The first-order valence-electron chi connectivity index (χ1n) is 8.67. The Morgan fingerprint density at radius 2 is 1.21 bits per heavy atom. The molecule has 0 aliphatic heterocycles. The standard InChI is InChI=1S/C23H13F3S2/c24-23(25,26)19-10-12-28-22(19)21-18(9-11-27-21)20-16-7-3-1-5-14(16)13-15-6-2-4-8-17(15)20/h1-13H. The van der Waals surface area contributed by atoms with Gasteiger partial charge in [-0.2, -0.15) is 13.2 Å². The van der Waals surface area contributed by atoms with Crippen LogP contribution in [-0.4, -0.2) is 0 Å². The number of rotatable bonds is 2. The first-order valence-corrected chi connectivity index (χ1v) is 10.4. The van der Waals surface area contributed by atoms with Gasteiger partial charge in [0.1, 0.15) is 0 Å². The number of fused-ring (bicyclic) bond motifs is 2. The lowest BCUT2D eigenvalue weighted by molar-refractivity contribution is -0.136. The molecule has 0 saturated carbocycles. The molecule has 2 aromatic heterocycles. The molecule has 0 N–H and O–H groups in total. The number of halogens is 3. The summed E-state index contributed by atoms with van der Waals surface area (Å²) in [5, 5.41) is 7.65. The van der Waals surface area contributed by atoms with Gasteiger partial charge in [-0.1, -0.05) is 48.5 Å². The Morgan fingerprint density at radius 3 is 1.86 bits per heavy atom. The van der Waals surface area contributed by atoms with E-state index >= 15 is 0 Å². The van der Waals surface area contributed by atoms with Gasteiger partial charge in [-0.25, -0.2) is 0 Å². The molecule has 5 aromatic rings. The molecule has 0 aliphatic carbocycles. The lowest BCUT2D eigenvalue weighted by atomic mass is 9.92. The van der Waals surface area contributed by atoms with E-state index in [-0.39, 0.29) is 4.88 Å². The van der Waals surface area contributed by atoms with E-state index in [0.717, 1.165) is 44.0 Å². The Morgan fingerprint density at radius 1 is 0.643 bits per heavy atom. The number of hydrogen-bond acceptors (Lipinski definition) is 2. The molecule has 3 aromatic carbocycles. The molecule has 138 valence electrons. The van der Waals surface area contributed by atoms with Crippen molar-refractivity contribution in [3.05, 3.63) is 83.1 Å². The Bertz CT molecular complexity index is 1250. The van der Waals surface area contributed by atoms with Gasteiger partial charge in [-0.05, 0) is 56.1 Å². The molecule has 0 amide bonds. The van der Waals surface area contributed by atoms with Gasteiger partial charge >= 0.3 is 6.18 Å². The SMILES string of the molecule is FC(F)(F)c1ccsc1-c1sccc1-c1c2ccccc2cc2ccccc12. The predicted molar refractivity (Wildman–Crippen MR) is 113 cm³/mol.